The van der Waals surface area contributed by atoms with Gasteiger partial charge in [0.1, 0.15) is 18.1 Å². The Morgan fingerprint density at radius 1 is 0.710 bits per heavy atom. The number of hydrogen-bond donors (Lipinski definition) is 1. The van der Waals surface area contributed by atoms with Gasteiger partial charge < -0.3 is 14.6 Å². The number of aliphatic hydroxyl groups is 1. The van der Waals surface area contributed by atoms with Gasteiger partial charge in [-0.25, -0.2) is 0 Å². The highest BCUT2D eigenvalue weighted by Gasteiger charge is 2.23. The first-order valence-corrected chi connectivity index (χ1v) is 12.0. The van der Waals surface area contributed by atoms with E-state index in [1.807, 2.05) is 86.6 Å². The fraction of sp³-hybridized carbons (Fsp3) is 0.571. The van der Waals surface area contributed by atoms with E-state index in [1.165, 1.54) is 11.1 Å². The Kier molecular flexibility index (Phi) is 23.0. The van der Waals surface area contributed by atoms with E-state index >= 15 is 0 Å². The highest BCUT2D eigenvalue weighted by molar-refractivity contribution is 5.41. The monoisotopic (exact) mass is 434 g/mol. The fourth-order valence-electron chi connectivity index (χ4n) is 2.45. The largest absolute Gasteiger partial charge is 0.497 e. The van der Waals surface area contributed by atoms with Gasteiger partial charge in [-0.2, -0.15) is 0 Å². The Bertz CT molecular complexity index is 601. The van der Waals surface area contributed by atoms with Gasteiger partial charge in [-0.3, -0.25) is 0 Å². The van der Waals surface area contributed by atoms with Crippen LogP contribution < -0.4 is 9.47 Å². The molecule has 2 aromatic carbocycles. The third-order valence-electron chi connectivity index (χ3n) is 4.30. The van der Waals surface area contributed by atoms with Crippen LogP contribution in [-0.2, 0) is 5.41 Å². The second-order valence-corrected chi connectivity index (χ2v) is 6.25. The molecule has 0 radical (unpaired) electrons. The molecule has 0 aromatic heterocycles. The number of rotatable bonds is 7. The Hall–Kier alpha value is -2.00. The lowest BCUT2D eigenvalue weighted by molar-refractivity contribution is 0.104. The predicted octanol–water partition coefficient (Wildman–Crippen LogP) is 8.28. The number of aliphatic hydroxyl groups excluding tert-OH is 1. The average Bonchev–Trinajstić information content (AvgIpc) is 2.87. The lowest BCUT2D eigenvalue weighted by atomic mass is 9.78. The van der Waals surface area contributed by atoms with Gasteiger partial charge >= 0.3 is 0 Å². The molecule has 2 aromatic rings. The summed E-state index contributed by atoms with van der Waals surface area (Å²) in [7, 11) is 1.67. The van der Waals surface area contributed by atoms with Crippen molar-refractivity contribution in [2.24, 2.45) is 0 Å². The van der Waals surface area contributed by atoms with Crippen LogP contribution in [-0.4, -0.2) is 24.9 Å². The van der Waals surface area contributed by atoms with Gasteiger partial charge in [-0.1, -0.05) is 100 Å². The molecule has 0 aliphatic carbocycles. The molecule has 0 saturated carbocycles. The van der Waals surface area contributed by atoms with E-state index in [0.717, 1.165) is 11.5 Å². The van der Waals surface area contributed by atoms with Crippen molar-refractivity contribution in [3.8, 4) is 11.5 Å². The predicted molar refractivity (Wildman–Crippen MR) is 139 cm³/mol. The van der Waals surface area contributed by atoms with E-state index < -0.39 is 6.10 Å². The van der Waals surface area contributed by atoms with Crippen LogP contribution in [0.25, 0.3) is 0 Å². The van der Waals surface area contributed by atoms with Crippen molar-refractivity contribution in [1.29, 1.82) is 0 Å². The first-order valence-electron chi connectivity index (χ1n) is 12.0. The van der Waals surface area contributed by atoms with Gasteiger partial charge in [-0.05, 0) is 41.8 Å². The van der Waals surface area contributed by atoms with Crippen LogP contribution in [0.5, 0.6) is 11.5 Å². The third kappa shape index (κ3) is 12.4. The first-order chi connectivity index (χ1) is 15.0. The van der Waals surface area contributed by atoms with Crippen molar-refractivity contribution in [3.05, 3.63) is 59.7 Å². The Morgan fingerprint density at radius 2 is 1.06 bits per heavy atom. The lowest BCUT2D eigenvalue weighted by Gasteiger charge is -2.26. The molecule has 0 spiro atoms. The van der Waals surface area contributed by atoms with Gasteiger partial charge in [0.05, 0.1) is 13.2 Å². The molecule has 31 heavy (non-hydrogen) atoms. The second-order valence-electron chi connectivity index (χ2n) is 6.25. The van der Waals surface area contributed by atoms with Crippen molar-refractivity contribution in [1.82, 2.24) is 0 Å². The van der Waals surface area contributed by atoms with Crippen LogP contribution in [0, 0.1) is 0 Å². The van der Waals surface area contributed by atoms with Crippen LogP contribution >= 0.6 is 0 Å². The van der Waals surface area contributed by atoms with E-state index in [-0.39, 0.29) is 5.41 Å². The van der Waals surface area contributed by atoms with Crippen molar-refractivity contribution in [2.75, 3.05) is 13.7 Å². The molecule has 180 valence electrons. The van der Waals surface area contributed by atoms with E-state index in [1.54, 1.807) is 7.11 Å². The summed E-state index contributed by atoms with van der Waals surface area (Å²) in [5.74, 6) is 1.65. The number of ether oxygens (including phenoxy) is 2. The summed E-state index contributed by atoms with van der Waals surface area (Å²) >= 11 is 0. The summed E-state index contributed by atoms with van der Waals surface area (Å²) in [6, 6.07) is 16.3. The summed E-state index contributed by atoms with van der Waals surface area (Å²) in [5.41, 5.74) is 2.34. The normalized spacial score (nSPS) is 10.2. The van der Waals surface area contributed by atoms with Gasteiger partial charge in [0.25, 0.3) is 0 Å². The average molecular weight is 435 g/mol. The first kappa shape index (κ1) is 33.6. The summed E-state index contributed by atoms with van der Waals surface area (Å²) in [6.07, 6.45) is 0.285. The van der Waals surface area contributed by atoms with Crippen LogP contribution in [0.1, 0.15) is 93.7 Å². The minimum absolute atomic E-state index is 0.103. The van der Waals surface area contributed by atoms with E-state index in [0.29, 0.717) is 13.0 Å². The Labute approximate surface area is 193 Å². The standard InChI is InChI=1S/C20H26O3.4C2H6/c1-5-17(21)14-23-19-12-8-16(9-13-19)20(2,3)15-6-10-18(22-4)11-7-15;4*1-2/h6-13,17,21H,5,14H2,1-4H3;4*1-2H3. The Morgan fingerprint density at radius 3 is 1.39 bits per heavy atom. The zero-order valence-corrected chi connectivity index (χ0v) is 22.4. The molecule has 0 fully saturated rings. The Balaban J connectivity index is -0.000000879. The summed E-state index contributed by atoms with van der Waals surface area (Å²) in [4.78, 5) is 0. The second kappa shape index (κ2) is 21.2. The summed E-state index contributed by atoms with van der Waals surface area (Å²) in [5, 5.41) is 9.56. The van der Waals surface area contributed by atoms with Crippen LogP contribution in [0.2, 0.25) is 0 Å². The smallest absolute Gasteiger partial charge is 0.119 e. The molecule has 0 aliphatic heterocycles. The SMILES string of the molecule is CC.CC.CC.CC.CCC(O)COc1ccc(C(C)(C)c2ccc(OC)cc2)cc1. The number of benzene rings is 2. The molecule has 0 amide bonds. The van der Waals surface area contributed by atoms with E-state index in [4.69, 9.17) is 9.47 Å². The number of hydrogen-bond acceptors (Lipinski definition) is 3. The molecule has 1 N–H and O–H groups in total. The molecule has 2 rings (SSSR count). The molecular formula is C28H50O3. The van der Waals surface area contributed by atoms with Gasteiger partial charge in [-0.15, -0.1) is 0 Å². The highest BCUT2D eigenvalue weighted by atomic mass is 16.5. The zero-order valence-electron chi connectivity index (χ0n) is 22.4. The minimum Gasteiger partial charge on any atom is -0.497 e. The maximum atomic E-state index is 9.56. The van der Waals surface area contributed by atoms with Crippen molar-refractivity contribution >= 4 is 0 Å². The fourth-order valence-corrected chi connectivity index (χ4v) is 2.45. The van der Waals surface area contributed by atoms with E-state index in [9.17, 15) is 5.11 Å². The van der Waals surface area contributed by atoms with Crippen molar-refractivity contribution in [3.63, 3.8) is 0 Å². The molecule has 1 atom stereocenters. The molecule has 0 aliphatic rings. The van der Waals surface area contributed by atoms with Gasteiger partial charge in [0.2, 0.25) is 0 Å². The van der Waals surface area contributed by atoms with Crippen LogP contribution in [0.15, 0.2) is 48.5 Å². The van der Waals surface area contributed by atoms with Crippen LogP contribution in [0.4, 0.5) is 0 Å². The van der Waals surface area contributed by atoms with Crippen LogP contribution in [0.3, 0.4) is 0 Å². The molecule has 0 heterocycles. The maximum Gasteiger partial charge on any atom is 0.119 e. The van der Waals surface area contributed by atoms with Crippen molar-refractivity contribution in [2.45, 2.75) is 94.1 Å². The topological polar surface area (TPSA) is 38.7 Å². The molecule has 0 saturated heterocycles. The molecular weight excluding hydrogens is 384 g/mol. The molecule has 0 bridgehead atoms. The quantitative estimate of drug-likeness (QED) is 0.476. The zero-order chi connectivity index (χ0) is 24.9. The minimum atomic E-state index is -0.412. The highest BCUT2D eigenvalue weighted by Crippen LogP contribution is 2.33. The molecule has 3 nitrogen and oxygen atoms in total. The lowest BCUT2D eigenvalue weighted by Crippen LogP contribution is -2.19. The summed E-state index contributed by atoms with van der Waals surface area (Å²) in [6.45, 7) is 22.7. The number of methoxy groups -OCH3 is 1. The third-order valence-corrected chi connectivity index (χ3v) is 4.30. The molecule has 1 unspecified atom stereocenters. The molecule has 3 heteroatoms. The summed E-state index contributed by atoms with van der Waals surface area (Å²) < 4.78 is 10.8. The van der Waals surface area contributed by atoms with Gasteiger partial charge in [0, 0.05) is 5.41 Å². The van der Waals surface area contributed by atoms with Gasteiger partial charge in [0.15, 0.2) is 0 Å². The maximum absolute atomic E-state index is 9.56. The van der Waals surface area contributed by atoms with E-state index in [2.05, 4.69) is 38.1 Å². The van der Waals surface area contributed by atoms with Crippen molar-refractivity contribution < 1.29 is 14.6 Å².